The zero-order valence-corrected chi connectivity index (χ0v) is 7.77. The minimum absolute atomic E-state index is 0.259. The summed E-state index contributed by atoms with van der Waals surface area (Å²) in [4.78, 5) is 0. The van der Waals surface area contributed by atoms with Gasteiger partial charge >= 0.3 is 0 Å². The Morgan fingerprint density at radius 3 is 2.29 bits per heavy atom. The second-order valence-electron chi connectivity index (χ2n) is 2.99. The summed E-state index contributed by atoms with van der Waals surface area (Å²) < 4.78 is 15.2. The van der Waals surface area contributed by atoms with Crippen LogP contribution in [0.1, 0.15) is 13.9 Å². The Morgan fingerprint density at radius 2 is 1.43 bits per heavy atom. The van der Waals surface area contributed by atoms with E-state index in [1.807, 2.05) is 48.6 Å². The molecule has 14 heavy (non-hydrogen) atoms. The van der Waals surface area contributed by atoms with Gasteiger partial charge in [0.25, 0.3) is 0 Å². The molecule has 0 aliphatic rings. The maximum absolute atomic E-state index is 7.72. The molecule has 0 aliphatic carbocycles. The molecule has 0 heterocycles. The van der Waals surface area contributed by atoms with Crippen molar-refractivity contribution in [3.63, 3.8) is 0 Å². The first kappa shape index (κ1) is 6.61. The van der Waals surface area contributed by atoms with Crippen LogP contribution in [-0.2, 0) is 0 Å². The third-order valence-electron chi connectivity index (χ3n) is 1.93. The molecule has 0 bridgehead atoms. The summed E-state index contributed by atoms with van der Waals surface area (Å²) in [5.41, 5.74) is 1.87. The maximum atomic E-state index is 7.72. The zero-order chi connectivity index (χ0) is 11.4. The van der Waals surface area contributed by atoms with Crippen LogP contribution >= 0.6 is 0 Å². The van der Waals surface area contributed by atoms with Crippen LogP contribution in [0.2, 0.25) is 0 Å². The van der Waals surface area contributed by atoms with Gasteiger partial charge in [0.05, 0.1) is 2.74 Å². The molecule has 0 spiro atoms. The van der Waals surface area contributed by atoms with Crippen molar-refractivity contribution in [2.45, 2.75) is 0 Å². The first-order valence-electron chi connectivity index (χ1n) is 5.57. The predicted octanol–water partition coefficient (Wildman–Crippen LogP) is 3.86. The molecule has 0 atom stereocenters. The molecular weight excluding hydrogens is 168 g/mol. The van der Waals surface area contributed by atoms with Crippen molar-refractivity contribution in [1.29, 1.82) is 0 Å². The summed E-state index contributed by atoms with van der Waals surface area (Å²) in [5.74, 6) is 0. The molecule has 0 amide bonds. The van der Waals surface area contributed by atoms with Gasteiger partial charge in [0.1, 0.15) is 0 Å². The van der Waals surface area contributed by atoms with Crippen molar-refractivity contribution in [1.82, 2.24) is 0 Å². The fraction of sp³-hybridized carbons (Fsp3) is 0. The average molecular weight is 182 g/mol. The van der Waals surface area contributed by atoms with E-state index in [0.29, 0.717) is 0 Å². The van der Waals surface area contributed by atoms with E-state index in [0.717, 1.165) is 11.1 Å². The molecule has 2 rings (SSSR count). The molecule has 2 aromatic carbocycles. The highest BCUT2D eigenvalue weighted by atomic mass is 13.9. The highest BCUT2D eigenvalue weighted by Crippen LogP contribution is 2.06. The van der Waals surface area contributed by atoms with E-state index in [2.05, 4.69) is 0 Å². The van der Waals surface area contributed by atoms with E-state index in [-0.39, 0.29) is 12.1 Å². The van der Waals surface area contributed by atoms with Gasteiger partial charge in [-0.2, -0.15) is 0 Å². The Hall–Kier alpha value is -1.82. The lowest BCUT2D eigenvalue weighted by molar-refractivity contribution is 1.65. The average Bonchev–Trinajstić information content (AvgIpc) is 2.32. The van der Waals surface area contributed by atoms with Gasteiger partial charge in [-0.3, -0.25) is 0 Å². The molecule has 0 saturated carbocycles. The van der Waals surface area contributed by atoms with Gasteiger partial charge in [-0.25, -0.2) is 0 Å². The molecule has 0 heteroatoms. The van der Waals surface area contributed by atoms with Crippen LogP contribution in [0, 0.1) is 0 Å². The standard InChI is InChI=1S/C14H12/c1-3-7-13(8-4-1)11-12-14-9-5-2-6-10-14/h1-12H/i3D,7D. The lowest BCUT2D eigenvalue weighted by Gasteiger charge is -1.92. The SMILES string of the molecule is [2H]c1cccc(C=Cc2ccccc2)c1[2H]. The summed E-state index contributed by atoms with van der Waals surface area (Å²) in [7, 11) is 0. The number of hydrogen-bond donors (Lipinski definition) is 0. The largest absolute Gasteiger partial charge is 0.0629 e. The van der Waals surface area contributed by atoms with Crippen LogP contribution in [-0.4, -0.2) is 0 Å². The second-order valence-corrected chi connectivity index (χ2v) is 2.99. The molecule has 0 N–H and O–H groups in total. The summed E-state index contributed by atoms with van der Waals surface area (Å²) in [5, 5.41) is 0. The minimum atomic E-state index is 0.259. The third kappa shape index (κ3) is 2.33. The van der Waals surface area contributed by atoms with Crippen LogP contribution in [0.3, 0.4) is 0 Å². The molecule has 0 radical (unpaired) electrons. The van der Waals surface area contributed by atoms with Crippen molar-refractivity contribution >= 4 is 12.2 Å². The zero-order valence-electron chi connectivity index (χ0n) is 9.77. The summed E-state index contributed by atoms with van der Waals surface area (Å²) in [6.07, 6.45) is 3.82. The smallest absolute Gasteiger partial charge is 0.0622 e. The van der Waals surface area contributed by atoms with Crippen LogP contribution in [0.4, 0.5) is 0 Å². The number of benzene rings is 2. The number of rotatable bonds is 2. The van der Waals surface area contributed by atoms with Crippen molar-refractivity contribution in [3.8, 4) is 0 Å². The summed E-state index contributed by atoms with van der Waals surface area (Å²) in [6.45, 7) is 0. The van der Waals surface area contributed by atoms with E-state index < -0.39 is 0 Å². The highest BCUT2D eigenvalue weighted by molar-refractivity contribution is 5.69. The monoisotopic (exact) mass is 182 g/mol. The molecule has 0 unspecified atom stereocenters. The minimum Gasteiger partial charge on any atom is -0.0622 e. The van der Waals surface area contributed by atoms with E-state index >= 15 is 0 Å². The molecule has 2 aromatic rings. The van der Waals surface area contributed by atoms with Crippen LogP contribution in [0.5, 0.6) is 0 Å². The molecule has 0 fully saturated rings. The van der Waals surface area contributed by atoms with Crippen LogP contribution in [0.25, 0.3) is 12.2 Å². The topological polar surface area (TPSA) is 0 Å². The van der Waals surface area contributed by atoms with Gasteiger partial charge < -0.3 is 0 Å². The fourth-order valence-corrected chi connectivity index (χ4v) is 1.21. The van der Waals surface area contributed by atoms with Crippen molar-refractivity contribution in [2.75, 3.05) is 0 Å². The molecule has 0 aliphatic heterocycles. The lowest BCUT2D eigenvalue weighted by atomic mass is 10.1. The van der Waals surface area contributed by atoms with Crippen molar-refractivity contribution < 1.29 is 2.74 Å². The molecule has 0 saturated heterocycles. The van der Waals surface area contributed by atoms with E-state index in [1.165, 1.54) is 0 Å². The van der Waals surface area contributed by atoms with Crippen molar-refractivity contribution in [2.24, 2.45) is 0 Å². The maximum Gasteiger partial charge on any atom is 0.0629 e. The Balaban J connectivity index is 2.28. The second kappa shape index (κ2) is 4.43. The van der Waals surface area contributed by atoms with Crippen molar-refractivity contribution in [3.05, 3.63) is 71.7 Å². The first-order valence-corrected chi connectivity index (χ1v) is 4.57. The Kier molecular flexibility index (Phi) is 2.09. The highest BCUT2D eigenvalue weighted by Gasteiger charge is 1.84. The van der Waals surface area contributed by atoms with E-state index in [4.69, 9.17) is 2.74 Å². The molecular formula is C14H12. The Labute approximate surface area is 87.3 Å². The summed E-state index contributed by atoms with van der Waals surface area (Å²) >= 11 is 0. The van der Waals surface area contributed by atoms with Gasteiger partial charge in [0.2, 0.25) is 0 Å². The summed E-state index contributed by atoms with van der Waals surface area (Å²) in [6, 6.07) is 15.7. The van der Waals surface area contributed by atoms with Gasteiger partial charge in [-0.1, -0.05) is 72.8 Å². The van der Waals surface area contributed by atoms with E-state index in [9.17, 15) is 0 Å². The lowest BCUT2D eigenvalue weighted by Crippen LogP contribution is -1.70. The molecule has 0 nitrogen and oxygen atoms in total. The van der Waals surface area contributed by atoms with Gasteiger partial charge in [-0.15, -0.1) is 0 Å². The van der Waals surface area contributed by atoms with Crippen LogP contribution in [0.15, 0.2) is 60.6 Å². The normalized spacial score (nSPS) is 12.6. The first-order chi connectivity index (χ1) is 7.77. The quantitative estimate of drug-likeness (QED) is 0.619. The molecule has 68 valence electrons. The van der Waals surface area contributed by atoms with Gasteiger partial charge in [0, 0.05) is 0 Å². The fourth-order valence-electron chi connectivity index (χ4n) is 1.21. The predicted molar refractivity (Wildman–Crippen MR) is 61.8 cm³/mol. The third-order valence-corrected chi connectivity index (χ3v) is 1.93. The Bertz CT molecular complexity index is 501. The van der Waals surface area contributed by atoms with Gasteiger partial charge in [-0.05, 0) is 11.1 Å². The van der Waals surface area contributed by atoms with E-state index in [1.54, 1.807) is 12.1 Å². The Morgan fingerprint density at radius 1 is 0.786 bits per heavy atom. The molecule has 0 aromatic heterocycles. The van der Waals surface area contributed by atoms with Gasteiger partial charge in [0.15, 0.2) is 0 Å². The number of hydrogen-bond acceptors (Lipinski definition) is 0. The van der Waals surface area contributed by atoms with Crippen LogP contribution < -0.4 is 0 Å².